The number of nitrogens with one attached hydrogen (secondary N) is 1. The van der Waals surface area contributed by atoms with E-state index >= 15 is 0 Å². The first-order valence-electron chi connectivity index (χ1n) is 6.43. The monoisotopic (exact) mass is 296 g/mol. The smallest absolute Gasteiger partial charge is 0.329 e. The van der Waals surface area contributed by atoms with E-state index in [1.165, 1.54) is 4.90 Å². The SMILES string of the molecule is Cc1ccc(NC(=O)N2CCCC2(C)C(=O)O)c(Cl)c1. The summed E-state index contributed by atoms with van der Waals surface area (Å²) in [4.78, 5) is 25.0. The number of halogens is 1. The number of carboxylic acid groups (broad SMARTS) is 1. The van der Waals surface area contributed by atoms with Crippen LogP contribution in [0, 0.1) is 6.92 Å². The zero-order valence-corrected chi connectivity index (χ0v) is 12.2. The molecule has 5 nitrogen and oxygen atoms in total. The van der Waals surface area contributed by atoms with Gasteiger partial charge < -0.3 is 15.3 Å². The molecule has 2 rings (SSSR count). The number of hydrogen-bond donors (Lipinski definition) is 2. The fourth-order valence-electron chi connectivity index (χ4n) is 2.42. The molecule has 1 atom stereocenters. The number of aryl methyl sites for hydroxylation is 1. The van der Waals surface area contributed by atoms with Crippen LogP contribution in [0.25, 0.3) is 0 Å². The lowest BCUT2D eigenvalue weighted by Gasteiger charge is -2.31. The Morgan fingerprint density at radius 1 is 1.45 bits per heavy atom. The first-order valence-corrected chi connectivity index (χ1v) is 6.80. The molecule has 6 heteroatoms. The van der Waals surface area contributed by atoms with Gasteiger partial charge in [0.15, 0.2) is 0 Å². The molecular formula is C14H17ClN2O3. The second kappa shape index (κ2) is 5.32. The summed E-state index contributed by atoms with van der Waals surface area (Å²) in [5.41, 5.74) is 0.327. The average molecular weight is 297 g/mol. The van der Waals surface area contributed by atoms with Crippen molar-refractivity contribution >= 4 is 29.3 Å². The van der Waals surface area contributed by atoms with Crippen LogP contribution in [0.3, 0.4) is 0 Å². The second-order valence-corrected chi connectivity index (χ2v) is 5.65. The molecule has 20 heavy (non-hydrogen) atoms. The van der Waals surface area contributed by atoms with E-state index in [0.29, 0.717) is 30.1 Å². The molecule has 1 heterocycles. The third-order valence-electron chi connectivity index (χ3n) is 3.71. The standard InChI is InChI=1S/C14H17ClN2O3/c1-9-4-5-11(10(15)8-9)16-13(20)17-7-3-6-14(17,2)12(18)19/h4-5,8H,3,6-7H2,1-2H3,(H,16,20)(H,18,19). The van der Waals surface area contributed by atoms with Gasteiger partial charge in [-0.2, -0.15) is 0 Å². The molecule has 0 saturated carbocycles. The van der Waals surface area contributed by atoms with Gasteiger partial charge in [-0.3, -0.25) is 0 Å². The molecule has 108 valence electrons. The van der Waals surface area contributed by atoms with Crippen LogP contribution in [-0.2, 0) is 4.79 Å². The Morgan fingerprint density at radius 3 is 2.75 bits per heavy atom. The molecule has 0 aliphatic carbocycles. The van der Waals surface area contributed by atoms with Crippen molar-refractivity contribution < 1.29 is 14.7 Å². The third kappa shape index (κ3) is 2.58. The van der Waals surface area contributed by atoms with Crippen LogP contribution in [0.1, 0.15) is 25.3 Å². The number of aliphatic carboxylic acids is 1. The molecule has 0 spiro atoms. The Kier molecular flexibility index (Phi) is 3.90. The van der Waals surface area contributed by atoms with Crippen LogP contribution in [0.4, 0.5) is 10.5 Å². The molecule has 1 aliphatic rings. The highest BCUT2D eigenvalue weighted by Gasteiger charge is 2.46. The van der Waals surface area contributed by atoms with E-state index in [2.05, 4.69) is 5.32 Å². The molecule has 1 saturated heterocycles. The van der Waals surface area contributed by atoms with E-state index in [1.54, 1.807) is 19.1 Å². The van der Waals surface area contributed by atoms with Gasteiger partial charge in [-0.15, -0.1) is 0 Å². The van der Waals surface area contributed by atoms with Gasteiger partial charge in [-0.1, -0.05) is 17.7 Å². The number of hydrogen-bond acceptors (Lipinski definition) is 2. The maximum Gasteiger partial charge on any atom is 0.329 e. The van der Waals surface area contributed by atoms with Crippen LogP contribution in [-0.4, -0.2) is 34.1 Å². The summed E-state index contributed by atoms with van der Waals surface area (Å²) in [6, 6.07) is 4.86. The van der Waals surface area contributed by atoms with Crippen molar-refractivity contribution in [1.29, 1.82) is 0 Å². The molecule has 0 aromatic heterocycles. The van der Waals surface area contributed by atoms with Gasteiger partial charge >= 0.3 is 12.0 Å². The Morgan fingerprint density at radius 2 is 2.15 bits per heavy atom. The number of benzene rings is 1. The van der Waals surface area contributed by atoms with E-state index in [4.69, 9.17) is 11.6 Å². The summed E-state index contributed by atoms with van der Waals surface area (Å²) in [5.74, 6) is -0.986. The van der Waals surface area contributed by atoms with Crippen molar-refractivity contribution in [2.75, 3.05) is 11.9 Å². The van der Waals surface area contributed by atoms with Gasteiger partial charge in [0.2, 0.25) is 0 Å². The minimum atomic E-state index is -1.15. The van der Waals surface area contributed by atoms with Crippen LogP contribution >= 0.6 is 11.6 Å². The molecule has 1 aromatic carbocycles. The van der Waals surface area contributed by atoms with Crippen LogP contribution in [0.2, 0.25) is 5.02 Å². The molecule has 2 N–H and O–H groups in total. The number of carbonyl (C=O) groups excluding carboxylic acids is 1. The highest BCUT2D eigenvalue weighted by atomic mass is 35.5. The molecule has 1 aromatic rings. The first-order chi connectivity index (χ1) is 9.34. The minimum Gasteiger partial charge on any atom is -0.480 e. The molecular weight excluding hydrogens is 280 g/mol. The number of likely N-dealkylation sites (tertiary alicyclic amines) is 1. The van der Waals surface area contributed by atoms with Gasteiger partial charge in [0, 0.05) is 6.54 Å². The summed E-state index contributed by atoms with van der Waals surface area (Å²) in [6.45, 7) is 3.90. The van der Waals surface area contributed by atoms with Crippen LogP contribution in [0.15, 0.2) is 18.2 Å². The highest BCUT2D eigenvalue weighted by molar-refractivity contribution is 6.33. The van der Waals surface area contributed by atoms with E-state index in [0.717, 1.165) is 5.56 Å². The van der Waals surface area contributed by atoms with Gasteiger partial charge in [-0.05, 0) is 44.4 Å². The van der Waals surface area contributed by atoms with Gasteiger partial charge in [0.1, 0.15) is 5.54 Å². The lowest BCUT2D eigenvalue weighted by molar-refractivity contribution is -0.146. The fraction of sp³-hybridized carbons (Fsp3) is 0.429. The van der Waals surface area contributed by atoms with E-state index in [9.17, 15) is 14.7 Å². The Balaban J connectivity index is 2.18. The number of urea groups is 1. The van der Waals surface area contributed by atoms with Gasteiger partial charge in [0.25, 0.3) is 0 Å². The largest absolute Gasteiger partial charge is 0.480 e. The second-order valence-electron chi connectivity index (χ2n) is 5.25. The Hall–Kier alpha value is -1.75. The number of amides is 2. The predicted molar refractivity (Wildman–Crippen MR) is 77.2 cm³/mol. The van der Waals surface area contributed by atoms with Crippen molar-refractivity contribution in [2.45, 2.75) is 32.2 Å². The van der Waals surface area contributed by atoms with E-state index in [1.807, 2.05) is 13.0 Å². The van der Waals surface area contributed by atoms with E-state index in [-0.39, 0.29) is 0 Å². The van der Waals surface area contributed by atoms with Crippen molar-refractivity contribution in [1.82, 2.24) is 4.90 Å². The molecule has 1 aliphatic heterocycles. The van der Waals surface area contributed by atoms with Crippen LogP contribution < -0.4 is 5.32 Å². The van der Waals surface area contributed by atoms with Gasteiger partial charge in [0.05, 0.1) is 10.7 Å². The predicted octanol–water partition coefficient (Wildman–Crippen LogP) is 3.12. The summed E-state index contributed by atoms with van der Waals surface area (Å²) >= 11 is 6.06. The highest BCUT2D eigenvalue weighted by Crippen LogP contribution is 2.31. The van der Waals surface area contributed by atoms with Crippen molar-refractivity contribution in [2.24, 2.45) is 0 Å². The third-order valence-corrected chi connectivity index (χ3v) is 4.03. The van der Waals surface area contributed by atoms with E-state index < -0.39 is 17.5 Å². The quantitative estimate of drug-likeness (QED) is 0.881. The lowest BCUT2D eigenvalue weighted by atomic mass is 10.00. The molecule has 0 bridgehead atoms. The number of rotatable bonds is 2. The summed E-state index contributed by atoms with van der Waals surface area (Å²) in [6.07, 6.45) is 1.13. The zero-order chi connectivity index (χ0) is 14.9. The molecule has 2 amide bonds. The zero-order valence-electron chi connectivity index (χ0n) is 11.4. The first kappa shape index (κ1) is 14.7. The topological polar surface area (TPSA) is 69.6 Å². The molecule has 1 fully saturated rings. The number of carboxylic acids is 1. The summed E-state index contributed by atoms with van der Waals surface area (Å²) < 4.78 is 0. The molecule has 1 unspecified atom stereocenters. The maximum atomic E-state index is 12.3. The number of carbonyl (C=O) groups is 2. The summed E-state index contributed by atoms with van der Waals surface area (Å²) in [5, 5.41) is 12.4. The minimum absolute atomic E-state index is 0.429. The number of anilines is 1. The van der Waals surface area contributed by atoms with Crippen molar-refractivity contribution in [3.05, 3.63) is 28.8 Å². The van der Waals surface area contributed by atoms with Crippen LogP contribution in [0.5, 0.6) is 0 Å². The fourth-order valence-corrected chi connectivity index (χ4v) is 2.70. The van der Waals surface area contributed by atoms with Crippen molar-refractivity contribution in [3.63, 3.8) is 0 Å². The Bertz CT molecular complexity index is 561. The summed E-state index contributed by atoms with van der Waals surface area (Å²) in [7, 11) is 0. The number of nitrogens with zero attached hydrogens (tertiary/aromatic N) is 1. The lowest BCUT2D eigenvalue weighted by Crippen LogP contribution is -2.52. The average Bonchev–Trinajstić information content (AvgIpc) is 2.76. The molecule has 0 radical (unpaired) electrons. The normalized spacial score (nSPS) is 21.9. The Labute approximate surface area is 122 Å². The maximum absolute atomic E-state index is 12.3. The van der Waals surface area contributed by atoms with Gasteiger partial charge in [-0.25, -0.2) is 9.59 Å². The van der Waals surface area contributed by atoms with Crippen molar-refractivity contribution in [3.8, 4) is 0 Å².